The SMILES string of the molecule is COc1ccc(CC(N)[C@H](O)C(=O)NC(CCCCN)C(=O)N2CCC[C@H]2C(=O)N[C@@H](CCCNC(=N)N)C(=O)O)cc1. The van der Waals surface area contributed by atoms with Crippen molar-refractivity contribution in [1.82, 2.24) is 20.9 Å². The summed E-state index contributed by atoms with van der Waals surface area (Å²) < 4.78 is 5.13. The molecule has 0 radical (unpaired) electrons. The first-order chi connectivity index (χ1) is 20.5. The van der Waals surface area contributed by atoms with Gasteiger partial charge in [-0.2, -0.15) is 0 Å². The van der Waals surface area contributed by atoms with Crippen LogP contribution >= 0.6 is 0 Å². The third-order valence-corrected chi connectivity index (χ3v) is 7.30. The summed E-state index contributed by atoms with van der Waals surface area (Å²) in [6.07, 6.45) is 1.22. The summed E-state index contributed by atoms with van der Waals surface area (Å²) in [4.78, 5) is 52.9. The van der Waals surface area contributed by atoms with Crippen LogP contribution in [0.3, 0.4) is 0 Å². The number of carbonyl (C=O) groups is 4. The zero-order valence-electron chi connectivity index (χ0n) is 24.6. The Morgan fingerprint density at radius 2 is 1.77 bits per heavy atom. The monoisotopic (exact) mass is 606 g/mol. The van der Waals surface area contributed by atoms with Crippen molar-refractivity contribution in [2.45, 2.75) is 81.6 Å². The first-order valence-corrected chi connectivity index (χ1v) is 14.5. The largest absolute Gasteiger partial charge is 0.497 e. The Kier molecular flexibility index (Phi) is 14.7. The summed E-state index contributed by atoms with van der Waals surface area (Å²) in [5.74, 6) is -2.72. The molecule has 12 N–H and O–H groups in total. The van der Waals surface area contributed by atoms with E-state index < -0.39 is 54.0 Å². The minimum Gasteiger partial charge on any atom is -0.497 e. The molecule has 1 heterocycles. The fourth-order valence-electron chi connectivity index (χ4n) is 4.90. The molecule has 0 spiro atoms. The molecule has 1 fully saturated rings. The average Bonchev–Trinajstić information content (AvgIpc) is 3.47. The zero-order chi connectivity index (χ0) is 31.9. The number of carboxylic acids is 1. The van der Waals surface area contributed by atoms with Crippen LogP contribution in [0.4, 0.5) is 0 Å². The van der Waals surface area contributed by atoms with E-state index in [-0.39, 0.29) is 38.3 Å². The van der Waals surface area contributed by atoms with Crippen molar-refractivity contribution >= 4 is 29.7 Å². The standard InChI is InChI=1S/C28H46N8O7/c1-43-18-11-9-17(10-12-18)16-19(30)23(37)25(39)34-20(6-2-3-13-29)26(40)36-15-5-8-22(36)24(38)35-21(27(41)42)7-4-14-33-28(31)32/h9-12,19-23,37H,2-8,13-16,29-30H2,1H3,(H,34,39)(H,35,38)(H,41,42)(H4,31,32,33)/t19?,20?,21-,22-,23-/m0/s1. The van der Waals surface area contributed by atoms with E-state index in [0.717, 1.165) is 5.56 Å². The minimum atomic E-state index is -1.60. The van der Waals surface area contributed by atoms with Gasteiger partial charge in [0.05, 0.1) is 7.11 Å². The van der Waals surface area contributed by atoms with E-state index in [9.17, 15) is 29.4 Å². The molecule has 0 saturated carbocycles. The number of nitrogens with zero attached hydrogens (tertiary/aromatic N) is 1. The Balaban J connectivity index is 2.07. The van der Waals surface area contributed by atoms with Gasteiger partial charge in [0.25, 0.3) is 5.91 Å². The number of aliphatic carboxylic acids is 1. The maximum Gasteiger partial charge on any atom is 0.326 e. The number of aliphatic hydroxyl groups is 1. The summed E-state index contributed by atoms with van der Waals surface area (Å²) in [5, 5.41) is 35.2. The highest BCUT2D eigenvalue weighted by Gasteiger charge is 2.39. The lowest BCUT2D eigenvalue weighted by molar-refractivity contribution is -0.145. The highest BCUT2D eigenvalue weighted by Crippen LogP contribution is 2.21. The van der Waals surface area contributed by atoms with E-state index in [0.29, 0.717) is 44.4 Å². The van der Waals surface area contributed by atoms with E-state index in [1.54, 1.807) is 31.4 Å². The van der Waals surface area contributed by atoms with Crippen molar-refractivity contribution in [3.05, 3.63) is 29.8 Å². The zero-order valence-corrected chi connectivity index (χ0v) is 24.6. The Bertz CT molecular complexity index is 1090. The number of carbonyl (C=O) groups excluding carboxylic acids is 3. The van der Waals surface area contributed by atoms with Crippen molar-refractivity contribution < 1.29 is 34.1 Å². The molecule has 1 saturated heterocycles. The normalized spacial score (nSPS) is 17.3. The number of likely N-dealkylation sites (tertiary alicyclic amines) is 1. The number of unbranched alkanes of at least 4 members (excludes halogenated alkanes) is 1. The van der Waals surface area contributed by atoms with E-state index in [1.807, 2.05) is 0 Å². The topological polar surface area (TPSA) is 259 Å². The second kappa shape index (κ2) is 17.9. The third kappa shape index (κ3) is 11.3. The Morgan fingerprint density at radius 1 is 1.09 bits per heavy atom. The molecule has 1 aromatic carbocycles. The number of hydrogen-bond acceptors (Lipinski definition) is 9. The molecule has 3 amide bonds. The molecule has 0 bridgehead atoms. The van der Waals surface area contributed by atoms with E-state index in [4.69, 9.17) is 27.3 Å². The van der Waals surface area contributed by atoms with Gasteiger partial charge in [-0.05, 0) is 75.6 Å². The molecule has 2 unspecified atom stereocenters. The molecule has 2 rings (SSSR count). The fraction of sp³-hybridized carbons (Fsp3) is 0.607. The van der Waals surface area contributed by atoms with E-state index >= 15 is 0 Å². The Morgan fingerprint density at radius 3 is 2.37 bits per heavy atom. The van der Waals surface area contributed by atoms with Gasteiger partial charge in [0.2, 0.25) is 11.8 Å². The van der Waals surface area contributed by atoms with Crippen LogP contribution in [-0.4, -0.2) is 102 Å². The van der Waals surface area contributed by atoms with Crippen LogP contribution in [-0.2, 0) is 25.6 Å². The maximum atomic E-state index is 13.6. The molecular formula is C28H46N8O7. The fourth-order valence-corrected chi connectivity index (χ4v) is 4.90. The number of methoxy groups -OCH3 is 1. The van der Waals surface area contributed by atoms with Gasteiger partial charge in [-0.15, -0.1) is 0 Å². The first kappa shape index (κ1) is 35.2. The Labute approximate surface area is 251 Å². The summed E-state index contributed by atoms with van der Waals surface area (Å²) in [7, 11) is 1.54. The van der Waals surface area contributed by atoms with Gasteiger partial charge in [0.15, 0.2) is 5.96 Å². The molecule has 1 aliphatic heterocycles. The highest BCUT2D eigenvalue weighted by molar-refractivity contribution is 5.94. The van der Waals surface area contributed by atoms with Crippen molar-refractivity contribution in [2.75, 3.05) is 26.7 Å². The lowest BCUT2D eigenvalue weighted by atomic mass is 10.0. The second-order valence-electron chi connectivity index (χ2n) is 10.6. The maximum absolute atomic E-state index is 13.6. The average molecular weight is 607 g/mol. The summed E-state index contributed by atoms with van der Waals surface area (Å²) >= 11 is 0. The van der Waals surface area contributed by atoms with Gasteiger partial charge in [-0.3, -0.25) is 19.8 Å². The minimum absolute atomic E-state index is 0.0917. The number of benzene rings is 1. The molecule has 15 nitrogen and oxygen atoms in total. The van der Waals surface area contributed by atoms with Gasteiger partial charge in [-0.1, -0.05) is 12.1 Å². The van der Waals surface area contributed by atoms with Gasteiger partial charge < -0.3 is 53.0 Å². The van der Waals surface area contributed by atoms with Gasteiger partial charge in [0, 0.05) is 19.1 Å². The van der Waals surface area contributed by atoms with Gasteiger partial charge in [0.1, 0.15) is 30.0 Å². The molecular weight excluding hydrogens is 560 g/mol. The first-order valence-electron chi connectivity index (χ1n) is 14.5. The highest BCUT2D eigenvalue weighted by atomic mass is 16.5. The van der Waals surface area contributed by atoms with E-state index in [1.165, 1.54) is 4.90 Å². The number of aliphatic hydroxyl groups excluding tert-OH is 1. The van der Waals surface area contributed by atoms with Crippen LogP contribution in [0.2, 0.25) is 0 Å². The van der Waals surface area contributed by atoms with Crippen molar-refractivity contribution in [3.63, 3.8) is 0 Å². The van der Waals surface area contributed by atoms with Crippen LogP contribution in [0, 0.1) is 5.41 Å². The number of nitrogens with one attached hydrogen (secondary N) is 4. The molecule has 5 atom stereocenters. The Hall–Kier alpha value is -3.95. The van der Waals surface area contributed by atoms with Crippen molar-refractivity contribution in [2.24, 2.45) is 17.2 Å². The number of ether oxygens (including phenoxy) is 1. The number of nitrogens with two attached hydrogens (primary N) is 3. The number of hydrogen-bond donors (Lipinski definition) is 9. The lowest BCUT2D eigenvalue weighted by Gasteiger charge is -2.30. The molecule has 240 valence electrons. The predicted molar refractivity (Wildman–Crippen MR) is 159 cm³/mol. The number of guanidine groups is 1. The summed E-state index contributed by atoms with van der Waals surface area (Å²) in [6.45, 7) is 0.903. The third-order valence-electron chi connectivity index (χ3n) is 7.30. The number of amides is 3. The van der Waals surface area contributed by atoms with Crippen molar-refractivity contribution in [3.8, 4) is 5.75 Å². The molecule has 43 heavy (non-hydrogen) atoms. The van der Waals surface area contributed by atoms with Crippen molar-refractivity contribution in [1.29, 1.82) is 5.41 Å². The molecule has 15 heteroatoms. The molecule has 1 aromatic rings. The smallest absolute Gasteiger partial charge is 0.326 e. The molecule has 0 aliphatic carbocycles. The molecule has 1 aliphatic rings. The summed E-state index contributed by atoms with van der Waals surface area (Å²) in [5.41, 5.74) is 17.8. The quantitative estimate of drug-likeness (QED) is 0.0520. The van der Waals surface area contributed by atoms with Gasteiger partial charge in [-0.25, -0.2) is 4.79 Å². The number of carboxylic acid groups (broad SMARTS) is 1. The van der Waals surface area contributed by atoms with Crippen LogP contribution in [0.15, 0.2) is 24.3 Å². The lowest BCUT2D eigenvalue weighted by Crippen LogP contribution is -2.57. The van der Waals surface area contributed by atoms with Crippen LogP contribution in [0.5, 0.6) is 5.75 Å². The number of rotatable bonds is 18. The summed E-state index contributed by atoms with van der Waals surface area (Å²) in [6, 6.07) is 2.95. The van der Waals surface area contributed by atoms with Gasteiger partial charge >= 0.3 is 5.97 Å². The molecule has 0 aromatic heterocycles. The van der Waals surface area contributed by atoms with E-state index in [2.05, 4.69) is 16.0 Å². The predicted octanol–water partition coefficient (Wildman–Crippen LogP) is -1.64. The van der Waals surface area contributed by atoms with Crippen LogP contribution in [0.25, 0.3) is 0 Å². The van der Waals surface area contributed by atoms with Crippen LogP contribution < -0.4 is 37.9 Å². The second-order valence-corrected chi connectivity index (χ2v) is 10.6. The van der Waals surface area contributed by atoms with Crippen LogP contribution in [0.1, 0.15) is 50.5 Å².